The minimum atomic E-state index is -0.300. The van der Waals surface area contributed by atoms with E-state index >= 15 is 0 Å². The number of aromatic nitrogens is 2. The third-order valence-electron chi connectivity index (χ3n) is 2.77. The topological polar surface area (TPSA) is 80.9 Å². The summed E-state index contributed by atoms with van der Waals surface area (Å²) in [4.78, 5) is 19.3. The van der Waals surface area contributed by atoms with Crippen molar-refractivity contribution in [3.05, 3.63) is 17.6 Å². The van der Waals surface area contributed by atoms with Gasteiger partial charge in [0.05, 0.1) is 0 Å². The number of primary amides is 1. The standard InChI is InChI=1S/C11H16N4O/c1-7(5-10(12)16)15-11-8-3-2-4-9(8)13-6-14-11/h6-7H,2-5H2,1H3,(H2,12,16)(H,13,14,15). The number of fused-ring (bicyclic) bond motifs is 1. The molecule has 1 unspecified atom stereocenters. The Labute approximate surface area is 94.5 Å². The van der Waals surface area contributed by atoms with Crippen LogP contribution in [0.3, 0.4) is 0 Å². The summed E-state index contributed by atoms with van der Waals surface area (Å²) >= 11 is 0. The third kappa shape index (κ3) is 2.29. The number of rotatable bonds is 4. The maximum Gasteiger partial charge on any atom is 0.219 e. The van der Waals surface area contributed by atoms with Gasteiger partial charge >= 0.3 is 0 Å². The molecule has 0 fully saturated rings. The lowest BCUT2D eigenvalue weighted by atomic mass is 10.2. The summed E-state index contributed by atoms with van der Waals surface area (Å²) in [7, 11) is 0. The molecule has 5 heteroatoms. The molecule has 1 heterocycles. The molecule has 3 N–H and O–H groups in total. The van der Waals surface area contributed by atoms with E-state index in [1.54, 1.807) is 6.33 Å². The van der Waals surface area contributed by atoms with Crippen LogP contribution in [0.5, 0.6) is 0 Å². The molecule has 0 radical (unpaired) electrons. The molecule has 0 aromatic carbocycles. The van der Waals surface area contributed by atoms with E-state index in [0.29, 0.717) is 6.42 Å². The largest absolute Gasteiger partial charge is 0.370 e. The van der Waals surface area contributed by atoms with Crippen LogP contribution < -0.4 is 11.1 Å². The van der Waals surface area contributed by atoms with Crippen molar-refractivity contribution in [1.82, 2.24) is 9.97 Å². The average Bonchev–Trinajstić information content (AvgIpc) is 2.65. The molecule has 1 aliphatic carbocycles. The molecule has 5 nitrogen and oxygen atoms in total. The molecular weight excluding hydrogens is 204 g/mol. The molecule has 1 amide bonds. The van der Waals surface area contributed by atoms with Crippen molar-refractivity contribution in [2.24, 2.45) is 5.73 Å². The zero-order valence-electron chi connectivity index (χ0n) is 9.36. The molecule has 1 aromatic heterocycles. The Balaban J connectivity index is 2.10. The van der Waals surface area contributed by atoms with Crippen LogP contribution in [0.2, 0.25) is 0 Å². The van der Waals surface area contributed by atoms with Gasteiger partial charge in [-0.3, -0.25) is 4.79 Å². The molecule has 2 rings (SSSR count). The number of carbonyl (C=O) groups is 1. The van der Waals surface area contributed by atoms with E-state index in [2.05, 4.69) is 15.3 Å². The van der Waals surface area contributed by atoms with E-state index in [-0.39, 0.29) is 11.9 Å². The number of nitrogens with zero attached hydrogens (tertiary/aromatic N) is 2. The first kappa shape index (κ1) is 10.9. The molecule has 1 aromatic rings. The molecule has 16 heavy (non-hydrogen) atoms. The zero-order valence-corrected chi connectivity index (χ0v) is 9.36. The quantitative estimate of drug-likeness (QED) is 0.780. The first-order chi connectivity index (χ1) is 7.66. The summed E-state index contributed by atoms with van der Waals surface area (Å²) in [6, 6.07) is 0.0112. The number of carbonyl (C=O) groups excluding carboxylic acids is 1. The fourth-order valence-electron chi connectivity index (χ4n) is 2.07. The molecule has 0 aliphatic heterocycles. The van der Waals surface area contributed by atoms with Crippen molar-refractivity contribution < 1.29 is 4.79 Å². The fraction of sp³-hybridized carbons (Fsp3) is 0.545. The fourth-order valence-corrected chi connectivity index (χ4v) is 2.07. The Bertz CT molecular complexity index is 405. The first-order valence-electron chi connectivity index (χ1n) is 5.54. The Morgan fingerprint density at radius 3 is 3.12 bits per heavy atom. The van der Waals surface area contributed by atoms with Crippen molar-refractivity contribution in [3.63, 3.8) is 0 Å². The van der Waals surface area contributed by atoms with Crippen LogP contribution in [0.1, 0.15) is 31.0 Å². The number of nitrogens with one attached hydrogen (secondary N) is 1. The lowest BCUT2D eigenvalue weighted by molar-refractivity contribution is -0.118. The number of amides is 1. The van der Waals surface area contributed by atoms with Crippen molar-refractivity contribution >= 4 is 11.7 Å². The van der Waals surface area contributed by atoms with Crippen LogP contribution in [0, 0.1) is 0 Å². The van der Waals surface area contributed by atoms with Gasteiger partial charge in [0.25, 0.3) is 0 Å². The number of hydrogen-bond acceptors (Lipinski definition) is 4. The molecule has 1 atom stereocenters. The van der Waals surface area contributed by atoms with Crippen molar-refractivity contribution in [3.8, 4) is 0 Å². The van der Waals surface area contributed by atoms with Crippen LogP contribution in [-0.4, -0.2) is 21.9 Å². The summed E-state index contributed by atoms with van der Waals surface area (Å²) in [5, 5.41) is 3.22. The summed E-state index contributed by atoms with van der Waals surface area (Å²) in [5.41, 5.74) is 7.47. The minimum Gasteiger partial charge on any atom is -0.370 e. The van der Waals surface area contributed by atoms with E-state index in [9.17, 15) is 4.79 Å². The Morgan fingerprint density at radius 2 is 2.38 bits per heavy atom. The molecule has 0 spiro atoms. The van der Waals surface area contributed by atoms with Crippen LogP contribution >= 0.6 is 0 Å². The predicted molar refractivity (Wildman–Crippen MR) is 61.0 cm³/mol. The van der Waals surface area contributed by atoms with Crippen molar-refractivity contribution in [1.29, 1.82) is 0 Å². The van der Waals surface area contributed by atoms with Gasteiger partial charge in [-0.05, 0) is 26.2 Å². The predicted octanol–water partition coefficient (Wildman–Crippen LogP) is 0.641. The maximum absolute atomic E-state index is 10.8. The molecule has 86 valence electrons. The second-order valence-electron chi connectivity index (χ2n) is 4.22. The number of nitrogens with two attached hydrogens (primary N) is 1. The highest BCUT2D eigenvalue weighted by molar-refractivity contribution is 5.74. The summed E-state index contributed by atoms with van der Waals surface area (Å²) < 4.78 is 0. The zero-order chi connectivity index (χ0) is 11.5. The Morgan fingerprint density at radius 1 is 1.56 bits per heavy atom. The van der Waals surface area contributed by atoms with Crippen LogP contribution in [-0.2, 0) is 17.6 Å². The highest BCUT2D eigenvalue weighted by atomic mass is 16.1. The average molecular weight is 220 g/mol. The number of aryl methyl sites for hydroxylation is 1. The van der Waals surface area contributed by atoms with Gasteiger partial charge in [0.2, 0.25) is 5.91 Å². The minimum absolute atomic E-state index is 0.0112. The number of anilines is 1. The van der Waals surface area contributed by atoms with Crippen LogP contribution in [0.25, 0.3) is 0 Å². The van der Waals surface area contributed by atoms with Gasteiger partial charge in [-0.2, -0.15) is 0 Å². The summed E-state index contributed by atoms with van der Waals surface area (Å²) in [6.45, 7) is 1.92. The Hall–Kier alpha value is -1.65. The second kappa shape index (κ2) is 4.47. The summed E-state index contributed by atoms with van der Waals surface area (Å²) in [6.07, 6.45) is 5.06. The SMILES string of the molecule is CC(CC(N)=O)Nc1ncnc2c1CCC2. The van der Waals surface area contributed by atoms with Gasteiger partial charge in [0, 0.05) is 23.7 Å². The molecule has 0 saturated heterocycles. The third-order valence-corrected chi connectivity index (χ3v) is 2.77. The van der Waals surface area contributed by atoms with Crippen LogP contribution in [0.15, 0.2) is 6.33 Å². The van der Waals surface area contributed by atoms with E-state index in [4.69, 9.17) is 5.73 Å². The first-order valence-corrected chi connectivity index (χ1v) is 5.54. The van der Waals surface area contributed by atoms with Gasteiger partial charge in [0.15, 0.2) is 0 Å². The smallest absolute Gasteiger partial charge is 0.219 e. The molecule has 0 saturated carbocycles. The number of hydrogen-bond donors (Lipinski definition) is 2. The van der Waals surface area contributed by atoms with E-state index < -0.39 is 0 Å². The highest BCUT2D eigenvalue weighted by Gasteiger charge is 2.18. The maximum atomic E-state index is 10.8. The van der Waals surface area contributed by atoms with Gasteiger partial charge in [-0.25, -0.2) is 9.97 Å². The van der Waals surface area contributed by atoms with Gasteiger partial charge < -0.3 is 11.1 Å². The van der Waals surface area contributed by atoms with E-state index in [1.165, 1.54) is 5.56 Å². The monoisotopic (exact) mass is 220 g/mol. The molecular formula is C11H16N4O. The van der Waals surface area contributed by atoms with E-state index in [1.807, 2.05) is 6.92 Å². The van der Waals surface area contributed by atoms with Crippen molar-refractivity contribution in [2.75, 3.05) is 5.32 Å². The van der Waals surface area contributed by atoms with Gasteiger partial charge in [0.1, 0.15) is 12.1 Å². The second-order valence-corrected chi connectivity index (χ2v) is 4.22. The van der Waals surface area contributed by atoms with Crippen LogP contribution in [0.4, 0.5) is 5.82 Å². The highest BCUT2D eigenvalue weighted by Crippen LogP contribution is 2.25. The normalized spacial score (nSPS) is 15.6. The molecule has 0 bridgehead atoms. The van der Waals surface area contributed by atoms with Gasteiger partial charge in [-0.1, -0.05) is 0 Å². The van der Waals surface area contributed by atoms with Crippen molar-refractivity contribution in [2.45, 2.75) is 38.6 Å². The summed E-state index contributed by atoms with van der Waals surface area (Å²) in [5.74, 6) is 0.557. The lowest BCUT2D eigenvalue weighted by Gasteiger charge is -2.14. The molecule has 1 aliphatic rings. The van der Waals surface area contributed by atoms with E-state index in [0.717, 1.165) is 30.8 Å². The van der Waals surface area contributed by atoms with Gasteiger partial charge in [-0.15, -0.1) is 0 Å². The Kier molecular flexibility index (Phi) is 3.03. The lowest BCUT2D eigenvalue weighted by Crippen LogP contribution is -2.25.